The zero-order valence-electron chi connectivity index (χ0n) is 18.9. The Bertz CT molecular complexity index is 1640. The summed E-state index contributed by atoms with van der Waals surface area (Å²) in [5, 5.41) is 10.1. The Labute approximate surface area is 218 Å². The normalized spacial score (nSPS) is 11.1. The largest absolute Gasteiger partial charge is 2.00 e. The molecule has 0 radical (unpaired) electrons. The van der Waals surface area contributed by atoms with Crippen LogP contribution in [0.5, 0.6) is 0 Å². The van der Waals surface area contributed by atoms with Crippen LogP contribution in [0.2, 0.25) is 0 Å². The third-order valence-corrected chi connectivity index (χ3v) is 5.61. The van der Waals surface area contributed by atoms with Gasteiger partial charge in [0.05, 0.1) is 29.1 Å². The fourth-order valence-electron chi connectivity index (χ4n) is 3.85. The topological polar surface area (TPSA) is 137 Å². The molecule has 0 bridgehead atoms. The van der Waals surface area contributed by atoms with Gasteiger partial charge < -0.3 is 19.1 Å². The molecule has 0 fully saturated rings. The summed E-state index contributed by atoms with van der Waals surface area (Å²) in [6.45, 7) is 3.72. The molecule has 6 rings (SSSR count). The molecule has 0 unspecified atom stereocenters. The predicted octanol–water partition coefficient (Wildman–Crippen LogP) is 2.60. The van der Waals surface area contributed by atoms with Crippen LogP contribution < -0.4 is 0 Å². The van der Waals surface area contributed by atoms with Gasteiger partial charge in [-0.15, -0.1) is 0 Å². The van der Waals surface area contributed by atoms with Crippen molar-refractivity contribution in [3.63, 3.8) is 0 Å². The molecule has 6 heterocycles. The van der Waals surface area contributed by atoms with E-state index in [0.717, 1.165) is 11.4 Å². The Kier molecular flexibility index (Phi) is 6.02. The average molecular weight is 564 g/mol. The van der Waals surface area contributed by atoms with Crippen LogP contribution in [0.15, 0.2) is 49.1 Å². The van der Waals surface area contributed by atoms with Crippen molar-refractivity contribution >= 4 is 22.3 Å². The van der Waals surface area contributed by atoms with E-state index in [0.29, 0.717) is 45.4 Å². The van der Waals surface area contributed by atoms with Crippen molar-refractivity contribution in [3.05, 3.63) is 84.5 Å². The minimum atomic E-state index is -0.716. The fraction of sp³-hybridized carbons (Fsp3) is 0.125. The van der Waals surface area contributed by atoms with E-state index < -0.39 is 5.92 Å². The average Bonchev–Trinajstić information content (AvgIpc) is 3.51. The van der Waals surface area contributed by atoms with Crippen molar-refractivity contribution in [2.45, 2.75) is 19.8 Å². The number of hydrogen-bond donors (Lipinski definition) is 0. The van der Waals surface area contributed by atoms with Gasteiger partial charge in [0.1, 0.15) is 18.6 Å². The summed E-state index contributed by atoms with van der Waals surface area (Å²) in [7, 11) is 0. The standard InChI is InChI=1S/C24H15N11.Pd/c1-14-21-23(28-10-26-14)34(12-30-21)19-7-3-5-17(32-19)16(9-25)18-6-4-8-20(33-18)35-13-31-22-15(2)27-11-29-24(22)35;/h3-8,10-11,16H,1-2H3;/q-2;+2. The molecule has 6 aromatic heterocycles. The molecule has 176 valence electrons. The summed E-state index contributed by atoms with van der Waals surface area (Å²) in [6, 6.07) is 13.2. The van der Waals surface area contributed by atoms with Crippen molar-refractivity contribution < 1.29 is 20.4 Å². The molecule has 12 heteroatoms. The van der Waals surface area contributed by atoms with Crippen LogP contribution in [0, 0.1) is 37.8 Å². The van der Waals surface area contributed by atoms with E-state index in [2.05, 4.69) is 48.6 Å². The third kappa shape index (κ3) is 3.81. The van der Waals surface area contributed by atoms with E-state index in [1.807, 2.05) is 38.1 Å². The van der Waals surface area contributed by atoms with Gasteiger partial charge in [-0.05, 0) is 26.0 Å². The van der Waals surface area contributed by atoms with Crippen molar-refractivity contribution in [3.8, 4) is 17.7 Å². The second-order valence-electron chi connectivity index (χ2n) is 7.76. The summed E-state index contributed by atoms with van der Waals surface area (Å²) in [5.74, 6) is 0.369. The Balaban J connectivity index is 0.00000267. The molecule has 0 atom stereocenters. The smallest absolute Gasteiger partial charge is 0.396 e. The van der Waals surface area contributed by atoms with Crippen LogP contribution in [0.25, 0.3) is 34.0 Å². The minimum absolute atomic E-state index is 0. The summed E-state index contributed by atoms with van der Waals surface area (Å²) in [4.78, 5) is 35.0. The van der Waals surface area contributed by atoms with Crippen LogP contribution in [0.1, 0.15) is 28.7 Å². The molecule has 0 aliphatic carbocycles. The fourth-order valence-corrected chi connectivity index (χ4v) is 3.85. The molecule has 0 N–H and O–H groups in total. The summed E-state index contributed by atoms with van der Waals surface area (Å²) in [5.41, 5.74) is 5.05. The first-order chi connectivity index (χ1) is 17.1. The van der Waals surface area contributed by atoms with Gasteiger partial charge in [0.2, 0.25) is 0 Å². The van der Waals surface area contributed by atoms with Gasteiger partial charge in [0, 0.05) is 46.4 Å². The van der Waals surface area contributed by atoms with Gasteiger partial charge >= 0.3 is 20.4 Å². The summed E-state index contributed by atoms with van der Waals surface area (Å²) >= 11 is 0. The predicted molar refractivity (Wildman–Crippen MR) is 124 cm³/mol. The zero-order chi connectivity index (χ0) is 23.9. The van der Waals surface area contributed by atoms with Crippen LogP contribution in [-0.2, 0) is 20.4 Å². The van der Waals surface area contributed by atoms with E-state index in [-0.39, 0.29) is 20.4 Å². The maximum absolute atomic E-state index is 10.1. The van der Waals surface area contributed by atoms with Crippen LogP contribution in [-0.4, -0.2) is 49.0 Å². The van der Waals surface area contributed by atoms with Gasteiger partial charge in [0.25, 0.3) is 0 Å². The Morgan fingerprint density at radius 1 is 0.750 bits per heavy atom. The van der Waals surface area contributed by atoms with E-state index >= 15 is 0 Å². The van der Waals surface area contributed by atoms with Gasteiger partial charge in [-0.25, -0.2) is 0 Å². The molecule has 6 aromatic rings. The van der Waals surface area contributed by atoms with Gasteiger partial charge in [-0.2, -0.15) is 5.26 Å². The number of hydrogen-bond acceptors (Lipinski definition) is 9. The second-order valence-corrected chi connectivity index (χ2v) is 7.76. The van der Waals surface area contributed by atoms with Crippen LogP contribution >= 0.6 is 0 Å². The third-order valence-electron chi connectivity index (χ3n) is 5.61. The van der Waals surface area contributed by atoms with Crippen LogP contribution in [0.3, 0.4) is 0 Å². The molecular formula is C24H15N11Pd. The first-order valence-electron chi connectivity index (χ1n) is 10.6. The van der Waals surface area contributed by atoms with E-state index in [9.17, 15) is 5.26 Å². The number of fused-ring (bicyclic) bond motifs is 2. The SMILES string of the molecule is Cc1ncnc2c1n[c-]n2-c1cccc(C(C#N)c2cccc(-n3[c-]nc4c(C)ncnc43)n2)n1.[Pd+2]. The molecule has 0 aliphatic rings. The Morgan fingerprint density at radius 3 is 1.67 bits per heavy atom. The van der Waals surface area contributed by atoms with Crippen LogP contribution in [0.4, 0.5) is 0 Å². The first-order valence-corrected chi connectivity index (χ1v) is 10.6. The number of nitrogens with zero attached hydrogens (tertiary/aromatic N) is 11. The molecule has 0 amide bonds. The Hall–Kier alpha value is -4.45. The first kappa shape index (κ1) is 23.3. The minimum Gasteiger partial charge on any atom is -0.396 e. The van der Waals surface area contributed by atoms with Crippen molar-refractivity contribution in [2.24, 2.45) is 0 Å². The molecule has 0 aromatic carbocycles. The van der Waals surface area contributed by atoms with E-state index in [1.54, 1.807) is 21.3 Å². The molecule has 0 spiro atoms. The number of aryl methyl sites for hydroxylation is 2. The quantitative estimate of drug-likeness (QED) is 0.234. The van der Waals surface area contributed by atoms with Crippen molar-refractivity contribution in [1.82, 2.24) is 49.0 Å². The van der Waals surface area contributed by atoms with Gasteiger partial charge in [0.15, 0.2) is 0 Å². The van der Waals surface area contributed by atoms with Crippen molar-refractivity contribution in [1.29, 1.82) is 5.26 Å². The maximum atomic E-state index is 10.1. The zero-order valence-corrected chi connectivity index (χ0v) is 20.5. The van der Waals surface area contributed by atoms with E-state index in [4.69, 9.17) is 9.97 Å². The summed E-state index contributed by atoms with van der Waals surface area (Å²) < 4.78 is 3.31. The number of nitriles is 1. The van der Waals surface area contributed by atoms with E-state index in [1.165, 1.54) is 12.7 Å². The second kappa shape index (κ2) is 9.30. The summed E-state index contributed by atoms with van der Waals surface area (Å²) in [6.07, 6.45) is 8.79. The molecule has 36 heavy (non-hydrogen) atoms. The molecule has 0 aliphatic heterocycles. The maximum Gasteiger partial charge on any atom is 2.00 e. The number of aromatic nitrogens is 10. The molecule has 0 saturated heterocycles. The van der Waals surface area contributed by atoms with Gasteiger partial charge in [-0.1, -0.05) is 24.3 Å². The molecule has 0 saturated carbocycles. The number of pyridine rings is 2. The number of rotatable bonds is 4. The monoisotopic (exact) mass is 563 g/mol. The molecule has 11 nitrogen and oxygen atoms in total. The number of imidazole rings is 2. The Morgan fingerprint density at radius 2 is 1.22 bits per heavy atom. The van der Waals surface area contributed by atoms with Crippen molar-refractivity contribution in [2.75, 3.05) is 0 Å². The molecular weight excluding hydrogens is 549 g/mol. The van der Waals surface area contributed by atoms with Gasteiger partial charge in [-0.3, -0.25) is 29.9 Å².